The average Bonchev–Trinajstić information content (AvgIpc) is 2.09. The number of rotatable bonds is 6. The number of hydrogen-bond acceptors (Lipinski definition) is 2. The normalized spacial score (nSPS) is 11.8. The van der Waals surface area contributed by atoms with E-state index in [4.69, 9.17) is 5.26 Å². The predicted octanol–water partition coefficient (Wildman–Crippen LogP) is 1.99. The van der Waals surface area contributed by atoms with Crippen molar-refractivity contribution in [2.75, 3.05) is 0 Å². The molecule has 0 unspecified atom stereocenters. The van der Waals surface area contributed by atoms with E-state index in [0.717, 1.165) is 19.3 Å². The second kappa shape index (κ2) is 7.60. The van der Waals surface area contributed by atoms with Crippen molar-refractivity contribution >= 4 is 5.91 Å². The van der Waals surface area contributed by atoms with Gasteiger partial charge in [-0.15, -0.1) is 0 Å². The molecule has 1 amide bonds. The van der Waals surface area contributed by atoms with Crippen LogP contribution in [0.5, 0.6) is 0 Å². The summed E-state index contributed by atoms with van der Waals surface area (Å²) in [5.74, 6) is -0.123. The Labute approximate surface area is 80.1 Å². The smallest absolute Gasteiger partial charge is 0.217 e. The Bertz CT molecular complexity index is 184. The number of unbranched alkanes of at least 4 members (excludes halogenated alkanes) is 3. The van der Waals surface area contributed by atoms with E-state index in [1.165, 1.54) is 19.8 Å². The fourth-order valence-corrected chi connectivity index (χ4v) is 1.19. The first-order valence-corrected chi connectivity index (χ1v) is 4.87. The first kappa shape index (κ1) is 12.0. The summed E-state index contributed by atoms with van der Waals surface area (Å²) < 4.78 is 0. The van der Waals surface area contributed by atoms with E-state index in [2.05, 4.69) is 18.3 Å². The van der Waals surface area contributed by atoms with Crippen LogP contribution in [0.3, 0.4) is 0 Å². The van der Waals surface area contributed by atoms with Crippen molar-refractivity contribution in [3.05, 3.63) is 0 Å². The lowest BCUT2D eigenvalue weighted by Crippen LogP contribution is -2.31. The fraction of sp³-hybridized carbons (Fsp3) is 0.800. The average molecular weight is 182 g/mol. The van der Waals surface area contributed by atoms with Crippen molar-refractivity contribution in [1.82, 2.24) is 5.32 Å². The number of hydrogen-bond donors (Lipinski definition) is 1. The lowest BCUT2D eigenvalue weighted by molar-refractivity contribution is -0.119. The minimum absolute atomic E-state index is 0.123. The van der Waals surface area contributed by atoms with Crippen molar-refractivity contribution < 1.29 is 4.79 Å². The van der Waals surface area contributed by atoms with Gasteiger partial charge in [-0.1, -0.05) is 32.6 Å². The molecule has 0 heterocycles. The number of nitrogens with one attached hydrogen (secondary N) is 1. The van der Waals surface area contributed by atoms with E-state index < -0.39 is 0 Å². The van der Waals surface area contributed by atoms with Crippen LogP contribution in [-0.2, 0) is 4.79 Å². The Morgan fingerprint density at radius 1 is 1.46 bits per heavy atom. The van der Waals surface area contributed by atoms with E-state index in [1.807, 2.05) is 0 Å². The number of carbonyl (C=O) groups excluding carboxylic acids is 1. The summed E-state index contributed by atoms with van der Waals surface area (Å²) in [6.07, 6.45) is 5.34. The van der Waals surface area contributed by atoms with Crippen LogP contribution in [0.2, 0.25) is 0 Å². The Balaban J connectivity index is 3.50. The number of carbonyl (C=O) groups is 1. The number of nitriles is 1. The summed E-state index contributed by atoms with van der Waals surface area (Å²) in [5.41, 5.74) is 0. The van der Waals surface area contributed by atoms with Crippen LogP contribution in [0.4, 0.5) is 0 Å². The van der Waals surface area contributed by atoms with Crippen LogP contribution in [0, 0.1) is 11.3 Å². The van der Waals surface area contributed by atoms with Crippen LogP contribution < -0.4 is 5.32 Å². The van der Waals surface area contributed by atoms with Crippen molar-refractivity contribution in [3.8, 4) is 6.07 Å². The van der Waals surface area contributed by atoms with Gasteiger partial charge in [0.05, 0.1) is 6.07 Å². The van der Waals surface area contributed by atoms with Gasteiger partial charge in [-0.25, -0.2) is 0 Å². The maximum absolute atomic E-state index is 10.6. The maximum Gasteiger partial charge on any atom is 0.217 e. The van der Waals surface area contributed by atoms with Gasteiger partial charge in [-0.2, -0.15) is 5.26 Å². The van der Waals surface area contributed by atoms with E-state index in [1.54, 1.807) is 0 Å². The first-order valence-electron chi connectivity index (χ1n) is 4.87. The molecule has 3 heteroatoms. The Hall–Kier alpha value is -1.04. The van der Waals surface area contributed by atoms with E-state index in [9.17, 15) is 4.79 Å². The summed E-state index contributed by atoms with van der Waals surface area (Å²) in [7, 11) is 0. The van der Waals surface area contributed by atoms with E-state index >= 15 is 0 Å². The summed E-state index contributed by atoms with van der Waals surface area (Å²) in [6.45, 7) is 3.59. The number of amides is 1. The topological polar surface area (TPSA) is 52.9 Å². The molecule has 0 aliphatic carbocycles. The molecule has 0 saturated heterocycles. The van der Waals surface area contributed by atoms with Crippen LogP contribution >= 0.6 is 0 Å². The Kier molecular flexibility index (Phi) is 6.99. The highest BCUT2D eigenvalue weighted by molar-refractivity contribution is 5.73. The molecule has 0 aromatic rings. The number of nitrogens with zero attached hydrogens (tertiary/aromatic N) is 1. The molecule has 0 aliphatic rings. The van der Waals surface area contributed by atoms with Crippen LogP contribution in [-0.4, -0.2) is 11.9 Å². The molecule has 0 bridgehead atoms. The summed E-state index contributed by atoms with van der Waals surface area (Å²) in [6, 6.07) is 1.78. The molecule has 0 fully saturated rings. The summed E-state index contributed by atoms with van der Waals surface area (Å²) in [4.78, 5) is 10.6. The van der Waals surface area contributed by atoms with E-state index in [-0.39, 0.29) is 11.9 Å². The third-order valence-corrected chi connectivity index (χ3v) is 1.88. The molecule has 1 N–H and O–H groups in total. The van der Waals surface area contributed by atoms with Gasteiger partial charge in [-0.3, -0.25) is 4.79 Å². The minimum atomic E-state index is -0.297. The van der Waals surface area contributed by atoms with Gasteiger partial charge in [0.1, 0.15) is 6.04 Å². The second-order valence-electron chi connectivity index (χ2n) is 3.23. The largest absolute Gasteiger partial charge is 0.341 e. The Morgan fingerprint density at radius 3 is 2.62 bits per heavy atom. The van der Waals surface area contributed by atoms with Gasteiger partial charge >= 0.3 is 0 Å². The maximum atomic E-state index is 10.6. The van der Waals surface area contributed by atoms with Crippen LogP contribution in [0.1, 0.15) is 46.0 Å². The van der Waals surface area contributed by atoms with Gasteiger partial charge < -0.3 is 5.32 Å². The Morgan fingerprint density at radius 2 is 2.15 bits per heavy atom. The lowest BCUT2D eigenvalue weighted by atomic mass is 10.1. The van der Waals surface area contributed by atoms with Gasteiger partial charge in [0.15, 0.2) is 0 Å². The van der Waals surface area contributed by atoms with Crippen molar-refractivity contribution in [2.45, 2.75) is 52.0 Å². The lowest BCUT2D eigenvalue weighted by Gasteiger charge is -2.08. The van der Waals surface area contributed by atoms with Crippen LogP contribution in [0.15, 0.2) is 0 Å². The van der Waals surface area contributed by atoms with Crippen molar-refractivity contribution in [3.63, 3.8) is 0 Å². The predicted molar refractivity (Wildman–Crippen MR) is 52.0 cm³/mol. The SMILES string of the molecule is CCCCCC[C@H](C#N)NC(C)=O. The molecule has 1 atom stereocenters. The third-order valence-electron chi connectivity index (χ3n) is 1.88. The quantitative estimate of drug-likeness (QED) is 0.638. The van der Waals surface area contributed by atoms with Gasteiger partial charge in [0.2, 0.25) is 5.91 Å². The molecule has 0 radical (unpaired) electrons. The van der Waals surface area contributed by atoms with Crippen molar-refractivity contribution in [1.29, 1.82) is 5.26 Å². The molecule has 0 rings (SSSR count). The fourth-order valence-electron chi connectivity index (χ4n) is 1.19. The molecule has 3 nitrogen and oxygen atoms in total. The summed E-state index contributed by atoms with van der Waals surface area (Å²) >= 11 is 0. The molecule has 13 heavy (non-hydrogen) atoms. The molecule has 0 aromatic heterocycles. The summed E-state index contributed by atoms with van der Waals surface area (Å²) in [5, 5.41) is 11.3. The monoisotopic (exact) mass is 182 g/mol. The highest BCUT2D eigenvalue weighted by Crippen LogP contribution is 2.04. The standard InChI is InChI=1S/C10H18N2O/c1-3-4-5-6-7-10(8-11)12-9(2)13/h10H,3-7H2,1-2H3,(H,12,13)/t10-/m1/s1. The van der Waals surface area contributed by atoms with Gasteiger partial charge in [0, 0.05) is 6.92 Å². The highest BCUT2D eigenvalue weighted by atomic mass is 16.1. The molecule has 74 valence electrons. The van der Waals surface area contributed by atoms with E-state index in [0.29, 0.717) is 0 Å². The highest BCUT2D eigenvalue weighted by Gasteiger charge is 2.06. The molecule has 0 saturated carbocycles. The van der Waals surface area contributed by atoms with Gasteiger partial charge in [0.25, 0.3) is 0 Å². The molecule has 0 spiro atoms. The second-order valence-corrected chi connectivity index (χ2v) is 3.23. The molecule has 0 aliphatic heterocycles. The molecule has 0 aromatic carbocycles. The van der Waals surface area contributed by atoms with Crippen LogP contribution in [0.25, 0.3) is 0 Å². The zero-order valence-corrected chi connectivity index (χ0v) is 8.47. The molecular weight excluding hydrogens is 164 g/mol. The third kappa shape index (κ3) is 7.32. The van der Waals surface area contributed by atoms with Gasteiger partial charge in [-0.05, 0) is 6.42 Å². The zero-order chi connectivity index (χ0) is 10.1. The molecular formula is C10H18N2O. The first-order chi connectivity index (χ1) is 6.20. The zero-order valence-electron chi connectivity index (χ0n) is 8.47. The van der Waals surface area contributed by atoms with Crippen molar-refractivity contribution in [2.24, 2.45) is 0 Å². The minimum Gasteiger partial charge on any atom is -0.341 e.